The molecular weight excluding hydrogens is 170 g/mol. The van der Waals surface area contributed by atoms with Crippen molar-refractivity contribution in [2.75, 3.05) is 11.9 Å². The Labute approximate surface area is 74.3 Å². The predicted octanol–water partition coefficient (Wildman–Crippen LogP) is 0.554. The molecule has 2 N–H and O–H groups in total. The molecule has 0 aromatic heterocycles. The van der Waals surface area contributed by atoms with Gasteiger partial charge in [0.1, 0.15) is 0 Å². The maximum Gasteiger partial charge on any atom is 0.292 e. The molecule has 13 heavy (non-hydrogen) atoms. The van der Waals surface area contributed by atoms with E-state index < -0.39 is 0 Å². The third-order valence-electron chi connectivity index (χ3n) is 1.77. The van der Waals surface area contributed by atoms with E-state index >= 15 is 0 Å². The first-order chi connectivity index (χ1) is 6.25. The van der Waals surface area contributed by atoms with Crippen LogP contribution in [-0.2, 0) is 4.79 Å². The smallest absolute Gasteiger partial charge is 0.292 e. The van der Waals surface area contributed by atoms with Gasteiger partial charge >= 0.3 is 0 Å². The zero-order valence-corrected chi connectivity index (χ0v) is 6.78. The summed E-state index contributed by atoms with van der Waals surface area (Å²) in [6.45, 7) is -0.0140. The van der Waals surface area contributed by atoms with Crippen LogP contribution in [0, 0.1) is 4.91 Å². The van der Waals surface area contributed by atoms with Gasteiger partial charge in [-0.2, -0.15) is 0 Å². The number of rotatable bonds is 0. The zero-order chi connectivity index (χ0) is 9.26. The number of anilines is 1. The molecule has 2 aliphatic heterocycles. The molecule has 2 heterocycles. The highest BCUT2D eigenvalue weighted by molar-refractivity contribution is 5.92. The van der Waals surface area contributed by atoms with Gasteiger partial charge in [-0.05, 0) is 12.1 Å². The minimum Gasteiger partial charge on any atom is -0.324 e. The van der Waals surface area contributed by atoms with Crippen LogP contribution in [0.5, 0.6) is 0 Å². The molecule has 0 saturated carbocycles. The standard InChI is InChI=1S/C8H7N3O2/c12-8-5-9-11(13)7-3-1-6(10-8)2-4-7/h1-4H,5H2,(H-,9,10,12,13)/p+1. The lowest BCUT2D eigenvalue weighted by molar-refractivity contribution is -0.526. The van der Waals surface area contributed by atoms with E-state index in [9.17, 15) is 9.70 Å². The summed E-state index contributed by atoms with van der Waals surface area (Å²) in [5, 5.41) is 2.63. The Kier molecular flexibility index (Phi) is 1.70. The first-order valence-electron chi connectivity index (χ1n) is 3.86. The normalized spacial score (nSPS) is 15.4. The lowest BCUT2D eigenvalue weighted by Gasteiger charge is -1.98. The first kappa shape index (κ1) is 7.72. The van der Waals surface area contributed by atoms with Gasteiger partial charge in [-0.25, -0.2) is 0 Å². The van der Waals surface area contributed by atoms with Crippen molar-refractivity contribution in [3.05, 3.63) is 29.2 Å². The maximum absolute atomic E-state index is 11.2. The summed E-state index contributed by atoms with van der Waals surface area (Å²) in [6, 6.07) is 6.65. The van der Waals surface area contributed by atoms with E-state index in [0.717, 1.165) is 0 Å². The molecule has 0 unspecified atom stereocenters. The molecular formula is C8H8N3O2+. The zero-order valence-electron chi connectivity index (χ0n) is 6.78. The van der Waals surface area contributed by atoms with Crippen molar-refractivity contribution >= 4 is 17.3 Å². The summed E-state index contributed by atoms with van der Waals surface area (Å²) in [4.78, 5) is 22.9. The number of amides is 1. The molecule has 3 rings (SSSR count). The number of hydrazine groups is 1. The molecule has 0 fully saturated rings. The van der Waals surface area contributed by atoms with Crippen LogP contribution in [0.4, 0.5) is 11.4 Å². The molecule has 66 valence electrons. The largest absolute Gasteiger partial charge is 0.324 e. The summed E-state index contributed by atoms with van der Waals surface area (Å²) < 4.78 is 0. The number of nitrogens with zero attached hydrogens (tertiary/aromatic N) is 1. The van der Waals surface area contributed by atoms with E-state index in [0.29, 0.717) is 16.2 Å². The van der Waals surface area contributed by atoms with Gasteiger partial charge in [0.2, 0.25) is 5.91 Å². The maximum atomic E-state index is 11.2. The van der Waals surface area contributed by atoms with Crippen molar-refractivity contribution in [3.8, 4) is 0 Å². The van der Waals surface area contributed by atoms with Gasteiger partial charge in [0, 0.05) is 17.8 Å². The molecule has 1 amide bonds. The molecule has 5 nitrogen and oxygen atoms in total. The summed E-state index contributed by atoms with van der Waals surface area (Å²) >= 11 is 0. The Hall–Kier alpha value is -1.91. The monoisotopic (exact) mass is 178 g/mol. The minimum atomic E-state index is -0.228. The van der Waals surface area contributed by atoms with Crippen LogP contribution < -0.4 is 10.7 Å². The number of carbonyl (C=O) groups excluding carboxylic acids is 1. The van der Waals surface area contributed by atoms with Crippen LogP contribution in [-0.4, -0.2) is 17.3 Å². The number of nitroso groups, excluding NO2 is 1. The fourth-order valence-electron chi connectivity index (χ4n) is 1.12. The fourth-order valence-corrected chi connectivity index (χ4v) is 1.12. The lowest BCUT2D eigenvalue weighted by atomic mass is 10.3. The third kappa shape index (κ3) is 1.48. The topological polar surface area (TPSA) is 61.2 Å². The predicted molar refractivity (Wildman–Crippen MR) is 46.4 cm³/mol. The van der Waals surface area contributed by atoms with Gasteiger partial charge < -0.3 is 5.32 Å². The third-order valence-corrected chi connectivity index (χ3v) is 1.77. The summed E-state index contributed by atoms with van der Waals surface area (Å²) in [6.07, 6.45) is 0. The molecule has 0 spiro atoms. The van der Waals surface area contributed by atoms with Crippen LogP contribution in [0.3, 0.4) is 0 Å². The van der Waals surface area contributed by atoms with E-state index in [1.807, 2.05) is 0 Å². The quantitative estimate of drug-likeness (QED) is 0.570. The van der Waals surface area contributed by atoms with Gasteiger partial charge in [0.05, 0.1) is 4.91 Å². The Morgan fingerprint density at radius 1 is 1.23 bits per heavy atom. The first-order valence-corrected chi connectivity index (χ1v) is 3.86. The van der Waals surface area contributed by atoms with Crippen LogP contribution in [0.15, 0.2) is 24.3 Å². The van der Waals surface area contributed by atoms with Gasteiger partial charge in [-0.15, -0.1) is 5.43 Å². The molecule has 0 atom stereocenters. The van der Waals surface area contributed by atoms with Crippen LogP contribution in [0.25, 0.3) is 0 Å². The van der Waals surface area contributed by atoms with Crippen LogP contribution in [0.2, 0.25) is 0 Å². The van der Waals surface area contributed by atoms with Crippen molar-refractivity contribution in [1.29, 1.82) is 0 Å². The number of fused-ring (bicyclic) bond motifs is 6. The Bertz CT molecular complexity index is 358. The van der Waals surface area contributed by atoms with E-state index in [-0.39, 0.29) is 12.5 Å². The number of hydrogen-bond acceptors (Lipinski definition) is 2. The van der Waals surface area contributed by atoms with E-state index in [2.05, 4.69) is 10.7 Å². The molecule has 1 aromatic carbocycles. The second kappa shape index (κ2) is 2.85. The number of hydrogen-bond donors (Lipinski definition) is 2. The molecule has 0 saturated heterocycles. The number of nitrogens with one attached hydrogen (secondary N) is 2. The molecule has 0 radical (unpaired) electrons. The van der Waals surface area contributed by atoms with Gasteiger partial charge in [-0.1, -0.05) is 0 Å². The van der Waals surface area contributed by atoms with E-state index in [1.165, 1.54) is 0 Å². The SMILES string of the molecule is O=C1CN[N+](=O)c2ccc(cc2)N1. The average molecular weight is 178 g/mol. The van der Waals surface area contributed by atoms with Crippen LogP contribution >= 0.6 is 0 Å². The van der Waals surface area contributed by atoms with Gasteiger partial charge in [-0.3, -0.25) is 4.79 Å². The molecule has 2 aliphatic rings. The molecule has 0 aliphatic carbocycles. The van der Waals surface area contributed by atoms with E-state index in [4.69, 9.17) is 0 Å². The number of carbonyl (C=O) groups is 1. The fraction of sp³-hybridized carbons (Fsp3) is 0.125. The van der Waals surface area contributed by atoms with Crippen molar-refractivity contribution in [1.82, 2.24) is 5.43 Å². The summed E-state index contributed by atoms with van der Waals surface area (Å²) in [5.74, 6) is -0.228. The average Bonchev–Trinajstić information content (AvgIpc) is 2.23. The highest BCUT2D eigenvalue weighted by Gasteiger charge is 2.17. The van der Waals surface area contributed by atoms with Gasteiger partial charge in [0.25, 0.3) is 5.69 Å². The second-order valence-electron chi connectivity index (χ2n) is 2.72. The molecule has 2 bridgehead atoms. The Morgan fingerprint density at radius 3 is 2.62 bits per heavy atom. The van der Waals surface area contributed by atoms with Crippen molar-refractivity contribution < 1.29 is 9.66 Å². The highest BCUT2D eigenvalue weighted by Crippen LogP contribution is 2.15. The van der Waals surface area contributed by atoms with E-state index in [1.54, 1.807) is 24.3 Å². The van der Waals surface area contributed by atoms with Crippen molar-refractivity contribution in [2.24, 2.45) is 0 Å². The molecule has 1 aromatic rings. The Balaban J connectivity index is 2.42. The highest BCUT2D eigenvalue weighted by atomic mass is 16.3. The van der Waals surface area contributed by atoms with Crippen molar-refractivity contribution in [3.63, 3.8) is 0 Å². The summed E-state index contributed by atoms with van der Waals surface area (Å²) in [7, 11) is 0. The lowest BCUT2D eigenvalue weighted by Crippen LogP contribution is -2.31. The van der Waals surface area contributed by atoms with Crippen LogP contribution in [0.1, 0.15) is 0 Å². The van der Waals surface area contributed by atoms with Crippen molar-refractivity contribution in [2.45, 2.75) is 0 Å². The molecule has 5 heteroatoms. The van der Waals surface area contributed by atoms with Gasteiger partial charge in [0.15, 0.2) is 11.4 Å². The number of benzene rings is 1. The summed E-state index contributed by atoms with van der Waals surface area (Å²) in [5.41, 5.74) is 3.60. The second-order valence-corrected chi connectivity index (χ2v) is 2.72. The Morgan fingerprint density at radius 2 is 1.92 bits per heavy atom. The minimum absolute atomic E-state index is 0.0140.